The molecule has 0 radical (unpaired) electrons. The van der Waals surface area contributed by atoms with Gasteiger partial charge >= 0.3 is 0 Å². The second kappa shape index (κ2) is 6.27. The highest BCUT2D eigenvalue weighted by Crippen LogP contribution is 2.19. The fraction of sp³-hybridized carbons (Fsp3) is 0.308. The van der Waals surface area contributed by atoms with Crippen LogP contribution in [0.15, 0.2) is 29.8 Å². The predicted octanol–water partition coefficient (Wildman–Crippen LogP) is 3.83. The van der Waals surface area contributed by atoms with Crippen molar-refractivity contribution >= 4 is 22.9 Å². The van der Waals surface area contributed by atoms with Gasteiger partial charge in [-0.2, -0.15) is 0 Å². The number of rotatable bonds is 5. The van der Waals surface area contributed by atoms with Crippen LogP contribution < -0.4 is 5.32 Å². The monoisotopic (exact) mass is 284 g/mol. The van der Waals surface area contributed by atoms with Crippen LogP contribution in [0.3, 0.4) is 0 Å². The Morgan fingerprint density at radius 3 is 3.00 bits per heavy atom. The molecule has 0 aliphatic rings. The highest BCUT2D eigenvalue weighted by Gasteiger charge is 2.08. The number of nitrogens with zero attached hydrogens (tertiary/aromatic N) is 1. The molecule has 5 heteroatoms. The first-order chi connectivity index (χ1) is 8.66. The van der Waals surface area contributed by atoms with Gasteiger partial charge in [0.1, 0.15) is 5.82 Å². The van der Waals surface area contributed by atoms with Crippen LogP contribution in [-0.4, -0.2) is 11.5 Å². The molecular weight excluding hydrogens is 271 g/mol. The molecule has 0 bridgehead atoms. The Labute approximate surface area is 115 Å². The summed E-state index contributed by atoms with van der Waals surface area (Å²) < 4.78 is 12.9. The first-order valence-corrected chi connectivity index (χ1v) is 6.96. The summed E-state index contributed by atoms with van der Waals surface area (Å²) >= 11 is 7.61. The van der Waals surface area contributed by atoms with E-state index in [2.05, 4.69) is 17.2 Å². The van der Waals surface area contributed by atoms with Gasteiger partial charge in [0, 0.05) is 35.6 Å². The molecule has 0 spiro atoms. The van der Waals surface area contributed by atoms with E-state index in [0.29, 0.717) is 17.5 Å². The fourth-order valence-electron chi connectivity index (χ4n) is 1.65. The molecule has 2 nitrogen and oxygen atoms in total. The van der Waals surface area contributed by atoms with Gasteiger partial charge in [-0.3, -0.25) is 0 Å². The van der Waals surface area contributed by atoms with Crippen LogP contribution in [0.1, 0.15) is 23.4 Å². The quantitative estimate of drug-likeness (QED) is 0.903. The third-order valence-corrected chi connectivity index (χ3v) is 4.01. The van der Waals surface area contributed by atoms with E-state index in [1.54, 1.807) is 17.4 Å². The standard InChI is InChI=1S/C13H14ClFN2S/c1-9(13-17-4-5-18-13)7-16-8-10-2-3-11(15)6-12(10)14/h2-6,9,16H,7-8H2,1H3. The van der Waals surface area contributed by atoms with E-state index < -0.39 is 0 Å². The summed E-state index contributed by atoms with van der Waals surface area (Å²) in [4.78, 5) is 4.27. The molecule has 1 N–H and O–H groups in total. The zero-order chi connectivity index (χ0) is 13.0. The first-order valence-electron chi connectivity index (χ1n) is 5.71. The number of thiazole rings is 1. The van der Waals surface area contributed by atoms with Crippen LogP contribution in [-0.2, 0) is 6.54 Å². The molecule has 18 heavy (non-hydrogen) atoms. The van der Waals surface area contributed by atoms with Gasteiger partial charge in [0.25, 0.3) is 0 Å². The van der Waals surface area contributed by atoms with E-state index in [4.69, 9.17) is 11.6 Å². The summed E-state index contributed by atoms with van der Waals surface area (Å²) in [5.41, 5.74) is 0.907. The lowest BCUT2D eigenvalue weighted by molar-refractivity contribution is 0.607. The molecule has 1 aromatic heterocycles. The van der Waals surface area contributed by atoms with Crippen molar-refractivity contribution < 1.29 is 4.39 Å². The average molecular weight is 285 g/mol. The van der Waals surface area contributed by atoms with Gasteiger partial charge in [-0.1, -0.05) is 24.6 Å². The molecule has 0 saturated heterocycles. The van der Waals surface area contributed by atoms with E-state index in [1.165, 1.54) is 12.1 Å². The van der Waals surface area contributed by atoms with Crippen LogP contribution in [0.2, 0.25) is 5.02 Å². The second-order valence-electron chi connectivity index (χ2n) is 4.14. The molecule has 1 aromatic carbocycles. The summed E-state index contributed by atoms with van der Waals surface area (Å²) in [5.74, 6) is 0.0594. The number of benzene rings is 1. The molecule has 2 rings (SSSR count). The van der Waals surface area contributed by atoms with Crippen molar-refractivity contribution in [2.45, 2.75) is 19.4 Å². The van der Waals surface area contributed by atoms with E-state index in [1.807, 2.05) is 11.6 Å². The Kier molecular flexibility index (Phi) is 4.69. The smallest absolute Gasteiger partial charge is 0.124 e. The molecular formula is C13H14ClFN2S. The van der Waals surface area contributed by atoms with Gasteiger partial charge in [-0.15, -0.1) is 11.3 Å². The maximum atomic E-state index is 12.9. The highest BCUT2D eigenvalue weighted by molar-refractivity contribution is 7.09. The summed E-state index contributed by atoms with van der Waals surface area (Å²) in [5, 5.41) is 6.87. The summed E-state index contributed by atoms with van der Waals surface area (Å²) in [6.07, 6.45) is 1.81. The molecule has 2 aromatic rings. The van der Waals surface area contributed by atoms with E-state index in [9.17, 15) is 4.39 Å². The molecule has 0 aliphatic carbocycles. The molecule has 96 valence electrons. The largest absolute Gasteiger partial charge is 0.312 e. The number of aromatic nitrogens is 1. The lowest BCUT2D eigenvalue weighted by Gasteiger charge is -2.11. The van der Waals surface area contributed by atoms with Crippen molar-refractivity contribution in [3.05, 3.63) is 51.2 Å². The number of halogens is 2. The maximum absolute atomic E-state index is 12.9. The van der Waals surface area contributed by atoms with Crippen molar-refractivity contribution in [2.75, 3.05) is 6.54 Å². The normalized spacial score (nSPS) is 12.6. The van der Waals surface area contributed by atoms with Crippen molar-refractivity contribution in [1.29, 1.82) is 0 Å². The van der Waals surface area contributed by atoms with E-state index in [0.717, 1.165) is 17.1 Å². The second-order valence-corrected chi connectivity index (χ2v) is 5.47. The van der Waals surface area contributed by atoms with Crippen molar-refractivity contribution in [3.8, 4) is 0 Å². The minimum absolute atomic E-state index is 0.306. The van der Waals surface area contributed by atoms with Crippen LogP contribution >= 0.6 is 22.9 Å². The zero-order valence-corrected chi connectivity index (χ0v) is 11.6. The molecule has 0 fully saturated rings. The van der Waals surface area contributed by atoms with Crippen LogP contribution in [0.25, 0.3) is 0 Å². The van der Waals surface area contributed by atoms with Gasteiger partial charge < -0.3 is 5.32 Å². The Hall–Kier alpha value is -0.970. The molecule has 0 aliphatic heterocycles. The molecule has 1 heterocycles. The van der Waals surface area contributed by atoms with Crippen LogP contribution in [0.5, 0.6) is 0 Å². The third-order valence-electron chi connectivity index (χ3n) is 2.65. The Morgan fingerprint density at radius 1 is 1.50 bits per heavy atom. The molecule has 0 amide bonds. The van der Waals surface area contributed by atoms with Gasteiger partial charge in [0.2, 0.25) is 0 Å². The highest BCUT2D eigenvalue weighted by atomic mass is 35.5. The number of hydrogen-bond donors (Lipinski definition) is 1. The Balaban J connectivity index is 1.85. The predicted molar refractivity (Wildman–Crippen MR) is 73.6 cm³/mol. The lowest BCUT2D eigenvalue weighted by Crippen LogP contribution is -2.19. The third kappa shape index (κ3) is 3.51. The first kappa shape index (κ1) is 13.5. The summed E-state index contributed by atoms with van der Waals surface area (Å²) in [6.45, 7) is 3.58. The van der Waals surface area contributed by atoms with Crippen molar-refractivity contribution in [1.82, 2.24) is 10.3 Å². The SMILES string of the molecule is CC(CNCc1ccc(F)cc1Cl)c1nccs1. The van der Waals surface area contributed by atoms with Gasteiger partial charge in [-0.25, -0.2) is 9.37 Å². The Bertz CT molecular complexity index is 502. The molecule has 1 atom stereocenters. The van der Waals surface area contributed by atoms with Gasteiger partial charge in [0.05, 0.1) is 5.01 Å². The van der Waals surface area contributed by atoms with Crippen LogP contribution in [0.4, 0.5) is 4.39 Å². The van der Waals surface area contributed by atoms with Gasteiger partial charge in [-0.05, 0) is 17.7 Å². The fourth-order valence-corrected chi connectivity index (χ4v) is 2.59. The van der Waals surface area contributed by atoms with Crippen molar-refractivity contribution in [2.24, 2.45) is 0 Å². The minimum Gasteiger partial charge on any atom is -0.312 e. The zero-order valence-electron chi connectivity index (χ0n) is 9.99. The number of nitrogens with one attached hydrogen (secondary N) is 1. The number of hydrogen-bond acceptors (Lipinski definition) is 3. The van der Waals surface area contributed by atoms with Crippen LogP contribution in [0, 0.1) is 5.82 Å². The lowest BCUT2D eigenvalue weighted by atomic mass is 10.1. The topological polar surface area (TPSA) is 24.9 Å². The van der Waals surface area contributed by atoms with Crippen molar-refractivity contribution in [3.63, 3.8) is 0 Å². The minimum atomic E-state index is -0.306. The Morgan fingerprint density at radius 2 is 2.33 bits per heavy atom. The van der Waals surface area contributed by atoms with Gasteiger partial charge in [0.15, 0.2) is 0 Å². The molecule has 1 unspecified atom stereocenters. The average Bonchev–Trinajstić information content (AvgIpc) is 2.85. The van der Waals surface area contributed by atoms with E-state index >= 15 is 0 Å². The van der Waals surface area contributed by atoms with E-state index in [-0.39, 0.29) is 5.82 Å². The maximum Gasteiger partial charge on any atom is 0.124 e. The summed E-state index contributed by atoms with van der Waals surface area (Å²) in [7, 11) is 0. The summed E-state index contributed by atoms with van der Waals surface area (Å²) in [6, 6.07) is 4.47. The molecule has 0 saturated carbocycles.